The molecule has 0 heterocycles. The van der Waals surface area contributed by atoms with Gasteiger partial charge < -0.3 is 15.7 Å². The summed E-state index contributed by atoms with van der Waals surface area (Å²) >= 11 is 0. The van der Waals surface area contributed by atoms with Gasteiger partial charge in [-0.05, 0) is 33.6 Å². The summed E-state index contributed by atoms with van der Waals surface area (Å²) in [6, 6.07) is 0. The average molecular weight is 148 g/mol. The Morgan fingerprint density at radius 1 is 1.30 bits per heavy atom. The zero-order valence-electron chi connectivity index (χ0n) is 6.55. The van der Waals surface area contributed by atoms with Crippen LogP contribution in [0.1, 0.15) is 6.42 Å². The summed E-state index contributed by atoms with van der Waals surface area (Å²) in [5.74, 6) is 0. The van der Waals surface area contributed by atoms with Crippen molar-refractivity contribution >= 4 is 6.47 Å². The zero-order chi connectivity index (χ0) is 8.24. The molecule has 3 N–H and O–H groups in total. The van der Waals surface area contributed by atoms with Crippen LogP contribution in [0.4, 0.5) is 0 Å². The van der Waals surface area contributed by atoms with Crippen molar-refractivity contribution in [2.45, 2.75) is 6.42 Å². The van der Waals surface area contributed by atoms with Crippen molar-refractivity contribution in [2.24, 2.45) is 0 Å². The van der Waals surface area contributed by atoms with E-state index < -0.39 is 0 Å². The number of hydrogen-bond acceptors (Lipinski definition) is 3. The van der Waals surface area contributed by atoms with Crippen molar-refractivity contribution in [3.05, 3.63) is 0 Å². The lowest BCUT2D eigenvalue weighted by atomic mass is 10.4. The monoisotopic (exact) mass is 148 g/mol. The van der Waals surface area contributed by atoms with Crippen LogP contribution in [0.15, 0.2) is 0 Å². The maximum Gasteiger partial charge on any atom is 0.290 e. The molecular weight excluding hydrogens is 132 g/mol. The molecule has 0 spiro atoms. The van der Waals surface area contributed by atoms with E-state index in [4.69, 9.17) is 9.90 Å². The second kappa shape index (κ2) is 15.8. The van der Waals surface area contributed by atoms with Gasteiger partial charge in [-0.1, -0.05) is 0 Å². The first-order valence-electron chi connectivity index (χ1n) is 3.20. The SMILES string of the molecule is CNCCCNC.O=CO. The molecule has 0 aliphatic heterocycles. The molecule has 0 atom stereocenters. The molecule has 62 valence electrons. The molecule has 4 nitrogen and oxygen atoms in total. The molecule has 0 bridgehead atoms. The quantitative estimate of drug-likeness (QED) is 0.372. The molecule has 10 heavy (non-hydrogen) atoms. The Morgan fingerprint density at radius 3 is 1.80 bits per heavy atom. The van der Waals surface area contributed by atoms with Gasteiger partial charge in [-0.15, -0.1) is 0 Å². The van der Waals surface area contributed by atoms with Crippen LogP contribution in [0, 0.1) is 0 Å². The van der Waals surface area contributed by atoms with Gasteiger partial charge in [-0.2, -0.15) is 0 Å². The zero-order valence-corrected chi connectivity index (χ0v) is 6.55. The molecule has 4 heteroatoms. The highest BCUT2D eigenvalue weighted by atomic mass is 16.3. The van der Waals surface area contributed by atoms with Crippen molar-refractivity contribution in [2.75, 3.05) is 27.2 Å². The molecule has 0 aromatic rings. The lowest BCUT2D eigenvalue weighted by Gasteiger charge is -1.95. The smallest absolute Gasteiger partial charge is 0.290 e. The molecular formula is C6H16N2O2. The first kappa shape index (κ1) is 12.1. The first-order chi connectivity index (χ1) is 4.83. The van der Waals surface area contributed by atoms with Crippen molar-refractivity contribution in [3.8, 4) is 0 Å². The molecule has 0 radical (unpaired) electrons. The fourth-order valence-corrected chi connectivity index (χ4v) is 0.442. The third-order valence-corrected chi connectivity index (χ3v) is 0.854. The average Bonchev–Trinajstić information content (AvgIpc) is 1.91. The van der Waals surface area contributed by atoms with Crippen LogP contribution in [0.2, 0.25) is 0 Å². The van der Waals surface area contributed by atoms with Crippen molar-refractivity contribution < 1.29 is 9.90 Å². The van der Waals surface area contributed by atoms with E-state index in [1.807, 2.05) is 14.1 Å². The number of rotatable bonds is 4. The van der Waals surface area contributed by atoms with Gasteiger partial charge in [0.1, 0.15) is 0 Å². The maximum atomic E-state index is 8.36. The minimum atomic E-state index is -0.250. The van der Waals surface area contributed by atoms with Crippen LogP contribution in [0.3, 0.4) is 0 Å². The Morgan fingerprint density at radius 2 is 1.60 bits per heavy atom. The lowest BCUT2D eigenvalue weighted by molar-refractivity contribution is -0.122. The van der Waals surface area contributed by atoms with E-state index in [1.165, 1.54) is 6.42 Å². The summed E-state index contributed by atoms with van der Waals surface area (Å²) in [5.41, 5.74) is 0. The van der Waals surface area contributed by atoms with Crippen molar-refractivity contribution in [1.82, 2.24) is 10.6 Å². The topological polar surface area (TPSA) is 61.4 Å². The molecule has 0 rings (SSSR count). The molecule has 0 unspecified atom stereocenters. The third kappa shape index (κ3) is 26.3. The van der Waals surface area contributed by atoms with Gasteiger partial charge in [0, 0.05) is 0 Å². The Balaban J connectivity index is 0. The van der Waals surface area contributed by atoms with Crippen LogP contribution in [-0.4, -0.2) is 38.8 Å². The summed E-state index contributed by atoms with van der Waals surface area (Å²) in [4.78, 5) is 8.36. The number of hydrogen-bond donors (Lipinski definition) is 3. The number of carboxylic acid groups (broad SMARTS) is 1. The Hall–Kier alpha value is -0.610. The molecule has 0 aliphatic carbocycles. The summed E-state index contributed by atoms with van der Waals surface area (Å²) < 4.78 is 0. The van der Waals surface area contributed by atoms with E-state index in [2.05, 4.69) is 10.6 Å². The largest absolute Gasteiger partial charge is 0.483 e. The lowest BCUT2D eigenvalue weighted by Crippen LogP contribution is -2.15. The summed E-state index contributed by atoms with van der Waals surface area (Å²) in [6.07, 6.45) is 1.22. The normalized spacial score (nSPS) is 7.80. The van der Waals surface area contributed by atoms with E-state index in [9.17, 15) is 0 Å². The third-order valence-electron chi connectivity index (χ3n) is 0.854. The number of nitrogens with one attached hydrogen (secondary N) is 2. The van der Waals surface area contributed by atoms with Crippen LogP contribution < -0.4 is 10.6 Å². The molecule has 0 saturated carbocycles. The molecule has 0 aromatic heterocycles. The fourth-order valence-electron chi connectivity index (χ4n) is 0.442. The predicted octanol–water partition coefficient (Wildman–Crippen LogP) is -0.484. The highest BCUT2D eigenvalue weighted by molar-refractivity contribution is 5.32. The standard InChI is InChI=1S/C5H14N2.CH2O2/c1-6-4-3-5-7-2;2-1-3/h6-7H,3-5H2,1-2H3;1H,(H,2,3). The summed E-state index contributed by atoms with van der Waals surface area (Å²) in [6.45, 7) is 1.97. The fraction of sp³-hybridized carbons (Fsp3) is 0.833. The second-order valence-electron chi connectivity index (χ2n) is 1.67. The van der Waals surface area contributed by atoms with Crippen LogP contribution in [-0.2, 0) is 4.79 Å². The van der Waals surface area contributed by atoms with Gasteiger partial charge in [-0.25, -0.2) is 0 Å². The molecule has 0 amide bonds. The van der Waals surface area contributed by atoms with Gasteiger partial charge in [0.25, 0.3) is 6.47 Å². The van der Waals surface area contributed by atoms with Gasteiger partial charge in [0.2, 0.25) is 0 Å². The Labute approximate surface area is 61.6 Å². The summed E-state index contributed by atoms with van der Waals surface area (Å²) in [7, 11) is 3.94. The van der Waals surface area contributed by atoms with Gasteiger partial charge >= 0.3 is 0 Å². The second-order valence-corrected chi connectivity index (χ2v) is 1.67. The van der Waals surface area contributed by atoms with E-state index >= 15 is 0 Å². The molecule has 0 aliphatic rings. The van der Waals surface area contributed by atoms with E-state index in [0.717, 1.165) is 13.1 Å². The van der Waals surface area contributed by atoms with Crippen LogP contribution in [0.25, 0.3) is 0 Å². The van der Waals surface area contributed by atoms with E-state index in [1.54, 1.807) is 0 Å². The first-order valence-corrected chi connectivity index (χ1v) is 3.20. The van der Waals surface area contributed by atoms with Crippen LogP contribution >= 0.6 is 0 Å². The van der Waals surface area contributed by atoms with Gasteiger partial charge in [0.05, 0.1) is 0 Å². The van der Waals surface area contributed by atoms with Gasteiger partial charge in [-0.3, -0.25) is 4.79 Å². The highest BCUT2D eigenvalue weighted by Crippen LogP contribution is 1.66. The van der Waals surface area contributed by atoms with E-state index in [0.29, 0.717) is 0 Å². The Bertz CT molecular complexity index is 55.7. The van der Waals surface area contributed by atoms with Crippen molar-refractivity contribution in [1.29, 1.82) is 0 Å². The maximum absolute atomic E-state index is 8.36. The predicted molar refractivity (Wildman–Crippen MR) is 41.2 cm³/mol. The minimum absolute atomic E-state index is 0.250. The van der Waals surface area contributed by atoms with Crippen molar-refractivity contribution in [3.63, 3.8) is 0 Å². The summed E-state index contributed by atoms with van der Waals surface area (Å²) in [5, 5.41) is 13.0. The molecule has 0 saturated heterocycles. The number of carbonyl (C=O) groups is 1. The molecule has 0 aromatic carbocycles. The Kier molecular flexibility index (Phi) is 19.1. The van der Waals surface area contributed by atoms with Crippen LogP contribution in [0.5, 0.6) is 0 Å². The highest BCUT2D eigenvalue weighted by Gasteiger charge is 1.77. The van der Waals surface area contributed by atoms with Gasteiger partial charge in [0.15, 0.2) is 0 Å². The van der Waals surface area contributed by atoms with E-state index in [-0.39, 0.29) is 6.47 Å². The minimum Gasteiger partial charge on any atom is -0.483 e. The molecule has 0 fully saturated rings.